The van der Waals surface area contributed by atoms with Crippen LogP contribution in [0.3, 0.4) is 0 Å². The van der Waals surface area contributed by atoms with Crippen molar-refractivity contribution in [1.29, 1.82) is 0 Å². The van der Waals surface area contributed by atoms with Crippen molar-refractivity contribution in [3.8, 4) is 5.75 Å². The number of benzene rings is 3. The Labute approximate surface area is 152 Å². The van der Waals surface area contributed by atoms with Crippen LogP contribution in [0.5, 0.6) is 5.75 Å². The molecule has 26 heavy (non-hydrogen) atoms. The van der Waals surface area contributed by atoms with E-state index in [1.165, 1.54) is 19.2 Å². The summed E-state index contributed by atoms with van der Waals surface area (Å²) in [6.45, 7) is 2.01. The molecule has 3 aromatic carbocycles. The minimum absolute atomic E-state index is 0.111. The van der Waals surface area contributed by atoms with E-state index in [1.807, 2.05) is 61.5 Å². The van der Waals surface area contributed by atoms with E-state index in [0.29, 0.717) is 0 Å². The lowest BCUT2D eigenvalue weighted by atomic mass is 9.97. The van der Waals surface area contributed by atoms with Crippen molar-refractivity contribution in [2.45, 2.75) is 13.0 Å². The first-order valence-corrected chi connectivity index (χ1v) is 8.34. The molecule has 3 rings (SSSR count). The van der Waals surface area contributed by atoms with Gasteiger partial charge < -0.3 is 10.1 Å². The van der Waals surface area contributed by atoms with E-state index < -0.39 is 5.82 Å². The summed E-state index contributed by atoms with van der Waals surface area (Å²) in [7, 11) is 1.39. The van der Waals surface area contributed by atoms with E-state index >= 15 is 0 Å². The van der Waals surface area contributed by atoms with Gasteiger partial charge in [-0.05, 0) is 36.2 Å². The molecule has 0 bridgehead atoms. The predicted octanol–water partition coefficient (Wildman–Crippen LogP) is 4.66. The van der Waals surface area contributed by atoms with Crippen LogP contribution in [-0.2, 0) is 0 Å². The number of carbonyl (C=O) groups excluding carboxylic acids is 1. The molecule has 0 heterocycles. The Hall–Kier alpha value is -3.14. The smallest absolute Gasteiger partial charge is 0.252 e. The molecule has 3 aromatic rings. The number of rotatable bonds is 5. The highest BCUT2D eigenvalue weighted by Crippen LogP contribution is 2.24. The third kappa shape index (κ3) is 3.91. The zero-order valence-electron chi connectivity index (χ0n) is 14.7. The van der Waals surface area contributed by atoms with Crippen LogP contribution in [0.15, 0.2) is 72.8 Å². The molecule has 0 aliphatic rings. The number of aryl methyl sites for hydroxylation is 1. The average molecular weight is 349 g/mol. The molecule has 3 nitrogen and oxygen atoms in total. The second kappa shape index (κ2) is 7.83. The zero-order chi connectivity index (χ0) is 18.5. The Bertz CT molecular complexity index is 892. The molecule has 1 amide bonds. The number of methoxy groups -OCH3 is 1. The van der Waals surface area contributed by atoms with E-state index in [1.54, 1.807) is 6.07 Å². The predicted molar refractivity (Wildman–Crippen MR) is 99.9 cm³/mol. The van der Waals surface area contributed by atoms with Gasteiger partial charge in [-0.25, -0.2) is 4.39 Å². The van der Waals surface area contributed by atoms with Gasteiger partial charge in [0.15, 0.2) is 11.6 Å². The summed E-state index contributed by atoms with van der Waals surface area (Å²) in [5.74, 6) is -0.799. The number of carbonyl (C=O) groups is 1. The molecular formula is C22H20FNO2. The molecule has 0 saturated carbocycles. The number of ether oxygens (including phenoxy) is 1. The highest BCUT2D eigenvalue weighted by Gasteiger charge is 2.18. The van der Waals surface area contributed by atoms with Crippen LogP contribution in [0.1, 0.15) is 33.1 Å². The van der Waals surface area contributed by atoms with Gasteiger partial charge >= 0.3 is 0 Å². The lowest BCUT2D eigenvalue weighted by molar-refractivity contribution is 0.0942. The first kappa shape index (κ1) is 17.7. The van der Waals surface area contributed by atoms with Gasteiger partial charge in [0, 0.05) is 5.56 Å². The number of nitrogens with one attached hydrogen (secondary N) is 1. The van der Waals surface area contributed by atoms with E-state index in [9.17, 15) is 9.18 Å². The van der Waals surface area contributed by atoms with Gasteiger partial charge in [-0.3, -0.25) is 4.79 Å². The minimum Gasteiger partial charge on any atom is -0.494 e. The van der Waals surface area contributed by atoms with E-state index in [4.69, 9.17) is 4.74 Å². The summed E-state index contributed by atoms with van der Waals surface area (Å²) >= 11 is 0. The van der Waals surface area contributed by atoms with Gasteiger partial charge in [-0.1, -0.05) is 60.2 Å². The van der Waals surface area contributed by atoms with E-state index in [2.05, 4.69) is 5.32 Å². The maximum absolute atomic E-state index is 13.9. The molecule has 0 spiro atoms. The Morgan fingerprint density at radius 1 is 0.962 bits per heavy atom. The molecule has 0 radical (unpaired) electrons. The molecule has 0 aromatic heterocycles. The van der Waals surface area contributed by atoms with Gasteiger partial charge in [-0.15, -0.1) is 0 Å². The van der Waals surface area contributed by atoms with E-state index in [-0.39, 0.29) is 23.3 Å². The lowest BCUT2D eigenvalue weighted by Gasteiger charge is -2.20. The van der Waals surface area contributed by atoms with Gasteiger partial charge in [0.1, 0.15) is 0 Å². The zero-order valence-corrected chi connectivity index (χ0v) is 14.7. The number of amides is 1. The van der Waals surface area contributed by atoms with Crippen LogP contribution in [0.2, 0.25) is 0 Å². The fraction of sp³-hybridized carbons (Fsp3) is 0.136. The normalized spacial score (nSPS) is 11.7. The average Bonchev–Trinajstić information content (AvgIpc) is 2.67. The molecular weight excluding hydrogens is 329 g/mol. The van der Waals surface area contributed by atoms with Crippen LogP contribution in [0, 0.1) is 12.7 Å². The SMILES string of the molecule is COc1ccc(C(=O)N[C@H](c2ccccc2)c2ccc(C)cc2)cc1F. The quantitative estimate of drug-likeness (QED) is 0.727. The van der Waals surface area contributed by atoms with Gasteiger partial charge in [0.25, 0.3) is 5.91 Å². The summed E-state index contributed by atoms with van der Waals surface area (Å²) in [5, 5.41) is 3.00. The number of hydrogen-bond donors (Lipinski definition) is 1. The third-order valence-electron chi connectivity index (χ3n) is 4.23. The molecule has 1 N–H and O–H groups in total. The summed E-state index contributed by atoms with van der Waals surface area (Å²) in [6, 6.07) is 21.5. The monoisotopic (exact) mass is 349 g/mol. The topological polar surface area (TPSA) is 38.3 Å². The Morgan fingerprint density at radius 3 is 2.23 bits per heavy atom. The molecule has 0 unspecified atom stereocenters. The van der Waals surface area contributed by atoms with Gasteiger partial charge in [0.05, 0.1) is 13.2 Å². The Balaban J connectivity index is 1.91. The summed E-state index contributed by atoms with van der Waals surface area (Å²) in [5.41, 5.74) is 3.31. The third-order valence-corrected chi connectivity index (χ3v) is 4.23. The van der Waals surface area contributed by atoms with Crippen molar-refractivity contribution in [2.24, 2.45) is 0 Å². The van der Waals surface area contributed by atoms with Crippen molar-refractivity contribution in [1.82, 2.24) is 5.32 Å². The number of hydrogen-bond acceptors (Lipinski definition) is 2. The minimum atomic E-state index is -0.563. The van der Waals surface area contributed by atoms with Gasteiger partial charge in [-0.2, -0.15) is 0 Å². The summed E-state index contributed by atoms with van der Waals surface area (Å²) in [6.07, 6.45) is 0. The Morgan fingerprint density at radius 2 is 1.62 bits per heavy atom. The second-order valence-corrected chi connectivity index (χ2v) is 6.08. The maximum Gasteiger partial charge on any atom is 0.252 e. The van der Waals surface area contributed by atoms with Crippen molar-refractivity contribution < 1.29 is 13.9 Å². The molecule has 0 aliphatic heterocycles. The fourth-order valence-corrected chi connectivity index (χ4v) is 2.79. The highest BCUT2D eigenvalue weighted by atomic mass is 19.1. The molecule has 1 atom stereocenters. The van der Waals surface area contributed by atoms with Crippen molar-refractivity contribution >= 4 is 5.91 Å². The molecule has 0 aliphatic carbocycles. The second-order valence-electron chi connectivity index (χ2n) is 6.08. The molecule has 0 fully saturated rings. The lowest BCUT2D eigenvalue weighted by Crippen LogP contribution is -2.29. The van der Waals surface area contributed by atoms with Crippen LogP contribution in [0.25, 0.3) is 0 Å². The maximum atomic E-state index is 13.9. The standard InChI is InChI=1S/C22H20FNO2/c1-15-8-10-17(11-9-15)21(16-6-4-3-5-7-16)24-22(25)18-12-13-20(26-2)19(23)14-18/h3-14,21H,1-2H3,(H,24,25)/t21-/m1/s1. The Kier molecular flexibility index (Phi) is 5.32. The van der Waals surface area contributed by atoms with Crippen molar-refractivity contribution in [3.05, 3.63) is 101 Å². The number of halogens is 1. The fourth-order valence-electron chi connectivity index (χ4n) is 2.79. The highest BCUT2D eigenvalue weighted by molar-refractivity contribution is 5.94. The first-order valence-electron chi connectivity index (χ1n) is 8.34. The first-order chi connectivity index (χ1) is 12.6. The van der Waals surface area contributed by atoms with Crippen molar-refractivity contribution in [3.63, 3.8) is 0 Å². The molecule has 4 heteroatoms. The van der Waals surface area contributed by atoms with Crippen LogP contribution in [-0.4, -0.2) is 13.0 Å². The van der Waals surface area contributed by atoms with Gasteiger partial charge in [0.2, 0.25) is 0 Å². The van der Waals surface area contributed by atoms with Crippen LogP contribution >= 0.6 is 0 Å². The van der Waals surface area contributed by atoms with Crippen LogP contribution in [0.4, 0.5) is 4.39 Å². The summed E-state index contributed by atoms with van der Waals surface area (Å²) < 4.78 is 18.8. The van der Waals surface area contributed by atoms with Crippen molar-refractivity contribution in [2.75, 3.05) is 7.11 Å². The van der Waals surface area contributed by atoms with Crippen LogP contribution < -0.4 is 10.1 Å². The van der Waals surface area contributed by atoms with E-state index in [0.717, 1.165) is 16.7 Å². The largest absolute Gasteiger partial charge is 0.494 e. The molecule has 132 valence electrons. The molecule has 0 saturated heterocycles. The summed E-state index contributed by atoms with van der Waals surface area (Å²) in [4.78, 5) is 12.7.